The van der Waals surface area contributed by atoms with E-state index >= 15 is 0 Å². The molecule has 0 radical (unpaired) electrons. The largest absolute Gasteiger partial charge is 0.298 e. The molecule has 2 aromatic carbocycles. The van der Waals surface area contributed by atoms with Crippen LogP contribution < -0.4 is 10.4 Å². The van der Waals surface area contributed by atoms with Crippen LogP contribution in [0, 0.1) is 10.1 Å². The van der Waals surface area contributed by atoms with Gasteiger partial charge in [-0.25, -0.2) is 0 Å². The second kappa shape index (κ2) is 7.13. The highest BCUT2D eigenvalue weighted by Gasteiger charge is 2.27. The molecule has 1 saturated carbocycles. The highest BCUT2D eigenvalue weighted by Crippen LogP contribution is 2.33. The molecule has 0 aromatic heterocycles. The van der Waals surface area contributed by atoms with Crippen LogP contribution in [0.4, 0.5) is 17.1 Å². The standard InChI is InChI=1S/C18H21N3O2/c22-21(23)18-14-8-7-13-17(18)20(16-11-5-2-6-12-16)19-15-9-3-1-4-10-15/h1,3-4,7-10,13-14,16,19H,2,5-6,11-12H2. The number of hydrogen-bond donors (Lipinski definition) is 1. The van der Waals surface area contributed by atoms with Gasteiger partial charge in [-0.3, -0.25) is 20.5 Å². The van der Waals surface area contributed by atoms with Crippen molar-refractivity contribution in [3.05, 3.63) is 64.7 Å². The lowest BCUT2D eigenvalue weighted by molar-refractivity contribution is -0.384. The van der Waals surface area contributed by atoms with Crippen molar-refractivity contribution in [1.29, 1.82) is 0 Å². The molecule has 0 bridgehead atoms. The van der Waals surface area contributed by atoms with Crippen LogP contribution in [-0.4, -0.2) is 11.0 Å². The van der Waals surface area contributed by atoms with Crippen molar-refractivity contribution in [2.75, 3.05) is 10.4 Å². The third-order valence-electron chi connectivity index (χ3n) is 4.30. The maximum Gasteiger partial charge on any atom is 0.294 e. The van der Waals surface area contributed by atoms with E-state index in [1.54, 1.807) is 12.1 Å². The predicted molar refractivity (Wildman–Crippen MR) is 92.5 cm³/mol. The van der Waals surface area contributed by atoms with Crippen LogP contribution in [0.5, 0.6) is 0 Å². The molecule has 0 saturated heterocycles. The zero-order valence-electron chi connectivity index (χ0n) is 13.0. The highest BCUT2D eigenvalue weighted by molar-refractivity contribution is 5.66. The fourth-order valence-electron chi connectivity index (χ4n) is 3.16. The van der Waals surface area contributed by atoms with Gasteiger partial charge in [0.1, 0.15) is 5.69 Å². The molecule has 1 N–H and O–H groups in total. The number of nitro benzene ring substituents is 1. The Morgan fingerprint density at radius 2 is 1.61 bits per heavy atom. The van der Waals surface area contributed by atoms with Crippen LogP contribution in [0.25, 0.3) is 0 Å². The van der Waals surface area contributed by atoms with Crippen molar-refractivity contribution in [2.24, 2.45) is 0 Å². The maximum absolute atomic E-state index is 11.4. The number of nitro groups is 1. The number of benzene rings is 2. The Morgan fingerprint density at radius 1 is 0.957 bits per heavy atom. The molecule has 1 aliphatic carbocycles. The summed E-state index contributed by atoms with van der Waals surface area (Å²) in [5.41, 5.74) is 5.10. The Labute approximate surface area is 136 Å². The Morgan fingerprint density at radius 3 is 2.30 bits per heavy atom. The smallest absolute Gasteiger partial charge is 0.294 e. The number of nitrogens with one attached hydrogen (secondary N) is 1. The molecule has 0 aliphatic heterocycles. The minimum Gasteiger partial charge on any atom is -0.298 e. The summed E-state index contributed by atoms with van der Waals surface area (Å²) in [6, 6.07) is 17.1. The summed E-state index contributed by atoms with van der Waals surface area (Å²) in [5.74, 6) is 0. The summed E-state index contributed by atoms with van der Waals surface area (Å²) in [7, 11) is 0. The van der Waals surface area contributed by atoms with Crippen molar-refractivity contribution >= 4 is 17.1 Å². The van der Waals surface area contributed by atoms with E-state index in [1.807, 2.05) is 47.5 Å². The second-order valence-corrected chi connectivity index (χ2v) is 5.89. The first-order valence-corrected chi connectivity index (χ1v) is 8.10. The van der Waals surface area contributed by atoms with E-state index in [-0.39, 0.29) is 16.7 Å². The van der Waals surface area contributed by atoms with Crippen molar-refractivity contribution in [1.82, 2.24) is 0 Å². The number of anilines is 2. The normalized spacial score (nSPS) is 15.1. The number of rotatable bonds is 5. The maximum atomic E-state index is 11.4. The molecule has 3 rings (SSSR count). The minimum atomic E-state index is -0.308. The third-order valence-corrected chi connectivity index (χ3v) is 4.30. The van der Waals surface area contributed by atoms with Gasteiger partial charge in [0.15, 0.2) is 0 Å². The molecule has 0 heterocycles. The van der Waals surface area contributed by atoms with Gasteiger partial charge < -0.3 is 0 Å². The molecule has 1 aliphatic rings. The average molecular weight is 311 g/mol. The van der Waals surface area contributed by atoms with Gasteiger partial charge in [-0.05, 0) is 31.0 Å². The quantitative estimate of drug-likeness (QED) is 0.639. The molecule has 0 unspecified atom stereocenters. The van der Waals surface area contributed by atoms with Gasteiger partial charge in [-0.2, -0.15) is 0 Å². The lowest BCUT2D eigenvalue weighted by Gasteiger charge is -2.36. The van der Waals surface area contributed by atoms with Gasteiger partial charge in [-0.1, -0.05) is 49.6 Å². The van der Waals surface area contributed by atoms with E-state index in [9.17, 15) is 10.1 Å². The summed E-state index contributed by atoms with van der Waals surface area (Å²) in [6.07, 6.45) is 5.67. The molecule has 0 spiro atoms. The van der Waals surface area contributed by atoms with Crippen LogP contribution in [0.15, 0.2) is 54.6 Å². The summed E-state index contributed by atoms with van der Waals surface area (Å²) in [5, 5.41) is 13.4. The fourth-order valence-corrected chi connectivity index (χ4v) is 3.16. The molecule has 1 fully saturated rings. The van der Waals surface area contributed by atoms with Gasteiger partial charge in [-0.15, -0.1) is 0 Å². The van der Waals surface area contributed by atoms with Crippen LogP contribution in [0.3, 0.4) is 0 Å². The van der Waals surface area contributed by atoms with Crippen LogP contribution in [0.2, 0.25) is 0 Å². The lowest BCUT2D eigenvalue weighted by atomic mass is 9.94. The predicted octanol–water partition coefficient (Wildman–Crippen LogP) is 4.76. The molecular formula is C18H21N3O2. The number of nitrogens with zero attached hydrogens (tertiary/aromatic N) is 2. The lowest BCUT2D eigenvalue weighted by Crippen LogP contribution is -2.41. The molecule has 23 heavy (non-hydrogen) atoms. The van der Waals surface area contributed by atoms with E-state index in [1.165, 1.54) is 6.42 Å². The Hall–Kier alpha value is -2.56. The van der Waals surface area contributed by atoms with E-state index in [0.29, 0.717) is 5.69 Å². The number of hydrazine groups is 1. The summed E-state index contributed by atoms with van der Waals surface area (Å²) < 4.78 is 0. The van der Waals surface area contributed by atoms with E-state index in [2.05, 4.69) is 5.43 Å². The summed E-state index contributed by atoms with van der Waals surface area (Å²) >= 11 is 0. The van der Waals surface area contributed by atoms with Gasteiger partial charge >= 0.3 is 0 Å². The van der Waals surface area contributed by atoms with Crippen LogP contribution in [0.1, 0.15) is 32.1 Å². The molecule has 0 atom stereocenters. The molecule has 120 valence electrons. The SMILES string of the molecule is O=[N+]([O-])c1ccccc1N(Nc1ccccc1)C1CCCCC1. The van der Waals surface area contributed by atoms with Crippen molar-refractivity contribution in [3.8, 4) is 0 Å². The zero-order chi connectivity index (χ0) is 16.1. The summed E-state index contributed by atoms with van der Waals surface area (Å²) in [4.78, 5) is 11.1. The Bertz CT molecular complexity index is 654. The van der Waals surface area contributed by atoms with Gasteiger partial charge in [0.05, 0.1) is 16.7 Å². The third kappa shape index (κ3) is 3.62. The molecule has 2 aromatic rings. The molecular weight excluding hydrogens is 290 g/mol. The van der Waals surface area contributed by atoms with E-state index in [4.69, 9.17) is 0 Å². The van der Waals surface area contributed by atoms with E-state index in [0.717, 1.165) is 31.4 Å². The van der Waals surface area contributed by atoms with Gasteiger partial charge in [0.25, 0.3) is 5.69 Å². The Kier molecular flexibility index (Phi) is 4.76. The van der Waals surface area contributed by atoms with Gasteiger partial charge in [0, 0.05) is 6.07 Å². The fraction of sp³-hybridized carbons (Fsp3) is 0.333. The first-order chi connectivity index (χ1) is 11.3. The average Bonchev–Trinajstić information content (AvgIpc) is 2.61. The van der Waals surface area contributed by atoms with Crippen molar-refractivity contribution in [2.45, 2.75) is 38.1 Å². The number of para-hydroxylation sites is 3. The van der Waals surface area contributed by atoms with Gasteiger partial charge in [0.2, 0.25) is 0 Å². The zero-order valence-corrected chi connectivity index (χ0v) is 13.0. The summed E-state index contributed by atoms with van der Waals surface area (Å²) in [6.45, 7) is 0. The van der Waals surface area contributed by atoms with Crippen molar-refractivity contribution < 1.29 is 4.92 Å². The van der Waals surface area contributed by atoms with E-state index < -0.39 is 0 Å². The first-order valence-electron chi connectivity index (χ1n) is 8.10. The monoisotopic (exact) mass is 311 g/mol. The minimum absolute atomic E-state index is 0.140. The topological polar surface area (TPSA) is 58.4 Å². The highest BCUT2D eigenvalue weighted by atomic mass is 16.6. The Balaban J connectivity index is 1.96. The van der Waals surface area contributed by atoms with Crippen LogP contribution >= 0.6 is 0 Å². The van der Waals surface area contributed by atoms with Crippen LogP contribution in [-0.2, 0) is 0 Å². The second-order valence-electron chi connectivity index (χ2n) is 5.89. The van der Waals surface area contributed by atoms with Crippen molar-refractivity contribution in [3.63, 3.8) is 0 Å². The first kappa shape index (κ1) is 15.3. The number of hydrogen-bond acceptors (Lipinski definition) is 4. The molecule has 0 amide bonds. The molecule has 5 nitrogen and oxygen atoms in total. The molecule has 5 heteroatoms.